The monoisotopic (exact) mass is 309 g/mol. The maximum atomic E-state index is 4.69. The van der Waals surface area contributed by atoms with Gasteiger partial charge in [0.05, 0.1) is 5.69 Å². The normalized spacial score (nSPS) is 15.4. The predicted molar refractivity (Wildman–Crippen MR) is 77.0 cm³/mol. The second-order valence-corrected chi connectivity index (χ2v) is 7.32. The minimum Gasteiger partial charge on any atom is -0.308 e. The van der Waals surface area contributed by atoms with Gasteiger partial charge in [0, 0.05) is 24.2 Å². The van der Waals surface area contributed by atoms with Crippen LogP contribution in [0.4, 0.5) is 0 Å². The van der Waals surface area contributed by atoms with Crippen molar-refractivity contribution in [2.45, 2.75) is 34.8 Å². The molecule has 3 heterocycles. The van der Waals surface area contributed by atoms with Gasteiger partial charge in [-0.1, -0.05) is 11.3 Å². The molecule has 0 bridgehead atoms. The molecule has 4 rings (SSSR count). The molecule has 0 saturated heterocycles. The maximum Gasteiger partial charge on any atom is 0.194 e. The Morgan fingerprint density at radius 3 is 3.16 bits per heavy atom. The van der Waals surface area contributed by atoms with Gasteiger partial charge in [-0.05, 0) is 24.6 Å². The number of hydrogen-bond donors (Lipinski definition) is 1. The van der Waals surface area contributed by atoms with Crippen LogP contribution in [-0.4, -0.2) is 25.6 Å². The Kier molecular flexibility index (Phi) is 3.03. The summed E-state index contributed by atoms with van der Waals surface area (Å²) in [6.45, 7) is 0.865. The van der Waals surface area contributed by atoms with Crippen molar-refractivity contribution >= 4 is 39.4 Å². The van der Waals surface area contributed by atoms with E-state index in [1.807, 2.05) is 0 Å². The molecule has 0 atom stereocenters. The van der Waals surface area contributed by atoms with E-state index in [1.165, 1.54) is 18.5 Å². The molecule has 0 radical (unpaired) electrons. The Morgan fingerprint density at radius 1 is 1.42 bits per heavy atom. The minimum atomic E-state index is 0.698. The number of nitrogens with one attached hydrogen (secondary N) is 1. The number of thiazole rings is 1. The van der Waals surface area contributed by atoms with Gasteiger partial charge >= 0.3 is 0 Å². The lowest BCUT2D eigenvalue weighted by molar-refractivity contribution is 0.661. The van der Waals surface area contributed by atoms with Crippen molar-refractivity contribution in [3.8, 4) is 0 Å². The molecule has 1 aliphatic carbocycles. The molecule has 0 amide bonds. The van der Waals surface area contributed by atoms with Crippen LogP contribution < -0.4 is 5.32 Å². The van der Waals surface area contributed by atoms with Gasteiger partial charge < -0.3 is 5.32 Å². The summed E-state index contributed by atoms with van der Waals surface area (Å²) in [4.78, 5) is 5.73. The van der Waals surface area contributed by atoms with Crippen molar-refractivity contribution in [2.75, 3.05) is 0 Å². The molecule has 1 saturated carbocycles. The molecule has 0 spiro atoms. The largest absolute Gasteiger partial charge is 0.308 e. The van der Waals surface area contributed by atoms with Crippen LogP contribution in [0.15, 0.2) is 26.5 Å². The first kappa shape index (κ1) is 11.8. The maximum absolute atomic E-state index is 4.69. The third-order valence-corrected chi connectivity index (χ3v) is 5.54. The number of imidazole rings is 1. The smallest absolute Gasteiger partial charge is 0.194 e. The molecule has 3 aromatic heterocycles. The highest BCUT2D eigenvalue weighted by Gasteiger charge is 2.22. The molecule has 1 N–H and O–H groups in total. The van der Waals surface area contributed by atoms with Crippen LogP contribution in [0.3, 0.4) is 0 Å². The molecule has 0 aliphatic heterocycles. The van der Waals surface area contributed by atoms with Crippen LogP contribution in [0.1, 0.15) is 18.5 Å². The van der Waals surface area contributed by atoms with Crippen molar-refractivity contribution < 1.29 is 0 Å². The first-order valence-corrected chi connectivity index (χ1v) is 8.59. The molecule has 19 heavy (non-hydrogen) atoms. The Balaban J connectivity index is 1.66. The first-order chi connectivity index (χ1) is 9.40. The molecule has 1 fully saturated rings. The number of fused-ring (bicyclic) bond motifs is 1. The lowest BCUT2D eigenvalue weighted by atomic mass is 10.4. The fraction of sp³-hybridized carbons (Fsp3) is 0.364. The number of aromatic nitrogens is 4. The summed E-state index contributed by atoms with van der Waals surface area (Å²) in [7, 11) is 0. The zero-order valence-corrected chi connectivity index (χ0v) is 12.4. The topological polar surface area (TPSA) is 55.1 Å². The average Bonchev–Trinajstić information content (AvgIpc) is 2.81. The summed E-state index contributed by atoms with van der Waals surface area (Å²) >= 11 is 4.82. The molecule has 0 aromatic carbocycles. The lowest BCUT2D eigenvalue weighted by Crippen LogP contribution is -2.16. The molecule has 0 unspecified atom stereocenters. The molecule has 3 aromatic rings. The number of nitrogens with zero attached hydrogens (tertiary/aromatic N) is 4. The first-order valence-electron chi connectivity index (χ1n) is 6.02. The number of hydrogen-bond acceptors (Lipinski definition) is 7. The van der Waals surface area contributed by atoms with Crippen molar-refractivity contribution in [1.29, 1.82) is 0 Å². The Bertz CT molecular complexity index is 682. The van der Waals surface area contributed by atoms with Crippen LogP contribution in [0.5, 0.6) is 0 Å². The Labute approximate surface area is 122 Å². The van der Waals surface area contributed by atoms with Crippen LogP contribution in [-0.2, 0) is 6.54 Å². The lowest BCUT2D eigenvalue weighted by Gasteiger charge is -2.03. The van der Waals surface area contributed by atoms with Crippen molar-refractivity contribution in [2.24, 2.45) is 0 Å². The van der Waals surface area contributed by atoms with E-state index in [1.54, 1.807) is 39.9 Å². The van der Waals surface area contributed by atoms with E-state index in [0.717, 1.165) is 20.9 Å². The van der Waals surface area contributed by atoms with E-state index in [0.29, 0.717) is 6.04 Å². The van der Waals surface area contributed by atoms with Gasteiger partial charge in [-0.15, -0.1) is 21.5 Å². The Morgan fingerprint density at radius 2 is 2.37 bits per heavy atom. The molecule has 8 heteroatoms. The number of rotatable bonds is 5. The summed E-state index contributed by atoms with van der Waals surface area (Å²) < 4.78 is 3.11. The molecular formula is C11H11N5S3. The Hall–Kier alpha value is -0.960. The highest BCUT2D eigenvalue weighted by atomic mass is 32.2. The summed E-state index contributed by atoms with van der Waals surface area (Å²) in [6.07, 6.45) is 4.68. The van der Waals surface area contributed by atoms with Gasteiger partial charge in [0.1, 0.15) is 10.5 Å². The van der Waals surface area contributed by atoms with E-state index in [9.17, 15) is 0 Å². The van der Waals surface area contributed by atoms with Crippen LogP contribution in [0.25, 0.3) is 4.96 Å². The highest BCUT2D eigenvalue weighted by Crippen LogP contribution is 2.32. The standard InChI is InChI=1S/C11H11N5S3/c1-2-7(1)12-5-8-9(19-11-15-13-6-18-11)14-10-16(8)3-4-17-10/h3-4,6-7,12H,1-2,5H2. The van der Waals surface area contributed by atoms with Crippen molar-refractivity contribution in [3.63, 3.8) is 0 Å². The van der Waals surface area contributed by atoms with E-state index >= 15 is 0 Å². The summed E-state index contributed by atoms with van der Waals surface area (Å²) in [5, 5.41) is 14.6. The van der Waals surface area contributed by atoms with Gasteiger partial charge in [-0.2, -0.15) is 0 Å². The second kappa shape index (κ2) is 4.86. The summed E-state index contributed by atoms with van der Waals surface area (Å²) in [5.74, 6) is 0. The predicted octanol–water partition coefficient (Wildman–Crippen LogP) is 2.65. The van der Waals surface area contributed by atoms with Gasteiger partial charge in [-0.3, -0.25) is 4.40 Å². The molecule has 5 nitrogen and oxygen atoms in total. The van der Waals surface area contributed by atoms with E-state index in [2.05, 4.69) is 36.5 Å². The zero-order chi connectivity index (χ0) is 12.7. The van der Waals surface area contributed by atoms with Crippen LogP contribution in [0.2, 0.25) is 0 Å². The zero-order valence-electron chi connectivity index (χ0n) is 9.94. The van der Waals surface area contributed by atoms with E-state index < -0.39 is 0 Å². The fourth-order valence-electron chi connectivity index (χ4n) is 1.87. The van der Waals surface area contributed by atoms with Gasteiger partial charge in [0.25, 0.3) is 0 Å². The quantitative estimate of drug-likeness (QED) is 0.785. The average molecular weight is 309 g/mol. The van der Waals surface area contributed by atoms with E-state index in [-0.39, 0.29) is 0 Å². The minimum absolute atomic E-state index is 0.698. The van der Waals surface area contributed by atoms with Crippen LogP contribution >= 0.6 is 34.4 Å². The van der Waals surface area contributed by atoms with Gasteiger partial charge in [-0.25, -0.2) is 4.98 Å². The van der Waals surface area contributed by atoms with Gasteiger partial charge in [0.15, 0.2) is 9.30 Å². The molecular weight excluding hydrogens is 298 g/mol. The summed E-state index contributed by atoms with van der Waals surface area (Å²) in [6, 6.07) is 0.698. The fourth-order valence-corrected chi connectivity index (χ4v) is 4.18. The van der Waals surface area contributed by atoms with Crippen molar-refractivity contribution in [3.05, 3.63) is 22.8 Å². The van der Waals surface area contributed by atoms with Crippen LogP contribution in [0, 0.1) is 0 Å². The third kappa shape index (κ3) is 2.40. The third-order valence-electron chi connectivity index (χ3n) is 2.98. The summed E-state index contributed by atoms with van der Waals surface area (Å²) in [5.41, 5.74) is 2.98. The highest BCUT2D eigenvalue weighted by molar-refractivity contribution is 8.01. The second-order valence-electron chi connectivity index (χ2n) is 4.38. The molecule has 1 aliphatic rings. The SMILES string of the molecule is c1nnc(Sc2nc3sccn3c2CNC2CC2)s1. The van der Waals surface area contributed by atoms with E-state index in [4.69, 9.17) is 0 Å². The van der Waals surface area contributed by atoms with Crippen molar-refractivity contribution in [1.82, 2.24) is 24.9 Å². The van der Waals surface area contributed by atoms with Gasteiger partial charge in [0.2, 0.25) is 0 Å². The molecule has 98 valence electrons.